The zero-order valence-electron chi connectivity index (χ0n) is 10.9. The highest BCUT2D eigenvalue weighted by atomic mass is 35.5. The molecule has 3 N–H and O–H groups in total. The number of rotatable bonds is 4. The van der Waals surface area contributed by atoms with Gasteiger partial charge in [0.25, 0.3) is 10.0 Å². The number of hydrogen-bond donors (Lipinski definition) is 2. The van der Waals surface area contributed by atoms with Gasteiger partial charge in [-0.15, -0.1) is 0 Å². The second kappa shape index (κ2) is 5.79. The predicted octanol–water partition coefficient (Wildman–Crippen LogP) is 2.87. The molecule has 0 fully saturated rings. The topological polar surface area (TPSA) is 81.4 Å². The van der Waals surface area contributed by atoms with E-state index in [0.29, 0.717) is 5.75 Å². The van der Waals surface area contributed by atoms with Crippen LogP contribution in [0.4, 0.5) is 15.8 Å². The van der Waals surface area contributed by atoms with Crippen molar-refractivity contribution in [2.45, 2.75) is 4.90 Å². The van der Waals surface area contributed by atoms with Crippen molar-refractivity contribution in [2.24, 2.45) is 0 Å². The van der Waals surface area contributed by atoms with Gasteiger partial charge in [-0.1, -0.05) is 11.6 Å². The number of anilines is 2. The van der Waals surface area contributed by atoms with Crippen LogP contribution in [0.1, 0.15) is 0 Å². The summed E-state index contributed by atoms with van der Waals surface area (Å²) in [5.74, 6) is -0.317. The van der Waals surface area contributed by atoms with Gasteiger partial charge in [-0.25, -0.2) is 12.8 Å². The van der Waals surface area contributed by atoms with E-state index in [1.165, 1.54) is 19.2 Å². The van der Waals surface area contributed by atoms with Crippen LogP contribution in [0.5, 0.6) is 5.75 Å². The van der Waals surface area contributed by atoms with Crippen LogP contribution in [0.15, 0.2) is 41.3 Å². The Bertz CT molecular complexity index is 761. The molecular formula is C13H12ClFN2O3S. The largest absolute Gasteiger partial charge is 0.497 e. The summed E-state index contributed by atoms with van der Waals surface area (Å²) in [5, 5.41) is 0.184. The summed E-state index contributed by atoms with van der Waals surface area (Å²) in [6.45, 7) is 0. The third kappa shape index (κ3) is 3.56. The quantitative estimate of drug-likeness (QED) is 0.845. The van der Waals surface area contributed by atoms with Crippen LogP contribution in [-0.4, -0.2) is 15.5 Å². The minimum atomic E-state index is -4.02. The van der Waals surface area contributed by atoms with E-state index in [2.05, 4.69) is 4.72 Å². The maximum atomic E-state index is 13.3. The molecule has 8 heteroatoms. The van der Waals surface area contributed by atoms with Crippen LogP contribution >= 0.6 is 11.6 Å². The number of nitrogen functional groups attached to an aromatic ring is 1. The van der Waals surface area contributed by atoms with Crippen molar-refractivity contribution in [1.29, 1.82) is 0 Å². The lowest BCUT2D eigenvalue weighted by molar-refractivity contribution is 0.415. The zero-order chi connectivity index (χ0) is 15.6. The number of ether oxygens (including phenoxy) is 1. The van der Waals surface area contributed by atoms with Crippen LogP contribution in [0, 0.1) is 5.82 Å². The van der Waals surface area contributed by atoms with Crippen LogP contribution in [0.25, 0.3) is 0 Å². The molecule has 0 radical (unpaired) electrons. The smallest absolute Gasteiger partial charge is 0.262 e. The summed E-state index contributed by atoms with van der Waals surface area (Å²) in [4.78, 5) is -0.293. The molecule has 0 aromatic heterocycles. The first-order valence-electron chi connectivity index (χ1n) is 5.74. The molecule has 0 spiro atoms. The number of nitrogens with one attached hydrogen (secondary N) is 1. The van der Waals surface area contributed by atoms with E-state index in [9.17, 15) is 12.8 Å². The fourth-order valence-electron chi connectivity index (χ4n) is 1.65. The van der Waals surface area contributed by atoms with Crippen molar-refractivity contribution in [3.8, 4) is 5.75 Å². The summed E-state index contributed by atoms with van der Waals surface area (Å²) in [6, 6.07) is 7.53. The second-order valence-electron chi connectivity index (χ2n) is 4.17. The molecule has 0 saturated heterocycles. The maximum absolute atomic E-state index is 13.3. The molecule has 0 aliphatic heterocycles. The number of nitrogens with two attached hydrogens (primary N) is 1. The Morgan fingerprint density at radius 2 is 1.95 bits per heavy atom. The predicted molar refractivity (Wildman–Crippen MR) is 79.6 cm³/mol. The van der Waals surface area contributed by atoms with Crippen molar-refractivity contribution < 1.29 is 17.5 Å². The van der Waals surface area contributed by atoms with Crippen LogP contribution in [0.2, 0.25) is 5.02 Å². The maximum Gasteiger partial charge on any atom is 0.262 e. The fourth-order valence-corrected chi connectivity index (χ4v) is 3.01. The zero-order valence-corrected chi connectivity index (χ0v) is 12.5. The standard InChI is InChI=1S/C13H12ClFN2O3S/c1-20-10-2-3-12(14)13(7-10)17-21(18,19)11-5-8(15)4-9(16)6-11/h2-7,17H,16H2,1H3. The summed E-state index contributed by atoms with van der Waals surface area (Å²) in [6.07, 6.45) is 0. The van der Waals surface area contributed by atoms with Crippen molar-refractivity contribution in [3.63, 3.8) is 0 Å². The summed E-state index contributed by atoms with van der Waals surface area (Å²) < 4.78 is 45.0. The van der Waals surface area contributed by atoms with Crippen LogP contribution in [0.3, 0.4) is 0 Å². The van der Waals surface area contributed by atoms with E-state index in [0.717, 1.165) is 18.2 Å². The van der Waals surface area contributed by atoms with Gasteiger partial charge in [-0.3, -0.25) is 4.72 Å². The molecule has 21 heavy (non-hydrogen) atoms. The third-order valence-corrected chi connectivity index (χ3v) is 4.30. The van der Waals surface area contributed by atoms with Gasteiger partial charge in [-0.2, -0.15) is 0 Å². The fraction of sp³-hybridized carbons (Fsp3) is 0.0769. The SMILES string of the molecule is COc1ccc(Cl)c(NS(=O)(=O)c2cc(N)cc(F)c2)c1. The molecule has 5 nitrogen and oxygen atoms in total. The van der Waals surface area contributed by atoms with Crippen molar-refractivity contribution >= 4 is 33.0 Å². The Balaban J connectivity index is 2.41. The summed E-state index contributed by atoms with van der Waals surface area (Å²) >= 11 is 5.93. The third-order valence-electron chi connectivity index (χ3n) is 2.62. The van der Waals surface area contributed by atoms with Gasteiger partial charge in [0.05, 0.1) is 22.7 Å². The molecule has 112 valence electrons. The van der Waals surface area contributed by atoms with Crippen LogP contribution < -0.4 is 15.2 Å². The number of sulfonamides is 1. The number of methoxy groups -OCH3 is 1. The lowest BCUT2D eigenvalue weighted by Crippen LogP contribution is -2.14. The number of benzene rings is 2. The number of halogens is 2. The first kappa shape index (κ1) is 15.4. The number of hydrogen-bond acceptors (Lipinski definition) is 4. The molecular weight excluding hydrogens is 319 g/mol. The average Bonchev–Trinajstić information content (AvgIpc) is 2.40. The van der Waals surface area contributed by atoms with E-state index in [1.54, 1.807) is 6.07 Å². The van der Waals surface area contributed by atoms with E-state index >= 15 is 0 Å². The van der Waals surface area contributed by atoms with Crippen molar-refractivity contribution in [3.05, 3.63) is 47.2 Å². The van der Waals surface area contributed by atoms with Gasteiger partial charge in [0.2, 0.25) is 0 Å². The highest BCUT2D eigenvalue weighted by Gasteiger charge is 2.17. The molecule has 0 heterocycles. The molecule has 2 aromatic carbocycles. The molecule has 0 amide bonds. The molecule has 2 aromatic rings. The van der Waals surface area contributed by atoms with Crippen molar-refractivity contribution in [2.75, 3.05) is 17.6 Å². The molecule has 0 bridgehead atoms. The molecule has 0 aliphatic rings. The van der Waals surface area contributed by atoms with Gasteiger partial charge in [-0.05, 0) is 30.3 Å². The second-order valence-corrected chi connectivity index (χ2v) is 6.26. The molecule has 0 atom stereocenters. The molecule has 0 saturated carbocycles. The average molecular weight is 331 g/mol. The Morgan fingerprint density at radius 3 is 2.57 bits per heavy atom. The minimum absolute atomic E-state index is 0.00659. The highest BCUT2D eigenvalue weighted by Crippen LogP contribution is 2.29. The molecule has 2 rings (SSSR count). The van der Waals surface area contributed by atoms with Gasteiger partial charge in [0.15, 0.2) is 0 Å². The molecule has 0 unspecified atom stereocenters. The van der Waals surface area contributed by atoms with Gasteiger partial charge < -0.3 is 10.5 Å². The summed E-state index contributed by atoms with van der Waals surface area (Å²) in [5.41, 5.74) is 5.58. The minimum Gasteiger partial charge on any atom is -0.497 e. The monoisotopic (exact) mass is 330 g/mol. The Hall–Kier alpha value is -1.99. The highest BCUT2D eigenvalue weighted by molar-refractivity contribution is 7.92. The van der Waals surface area contributed by atoms with E-state index in [4.69, 9.17) is 22.1 Å². The van der Waals surface area contributed by atoms with Crippen LogP contribution in [-0.2, 0) is 10.0 Å². The van der Waals surface area contributed by atoms with Crippen molar-refractivity contribution in [1.82, 2.24) is 0 Å². The van der Waals surface area contributed by atoms with Gasteiger partial charge in [0.1, 0.15) is 11.6 Å². The Kier molecular flexibility index (Phi) is 4.24. The van der Waals surface area contributed by atoms with E-state index in [1.807, 2.05) is 0 Å². The van der Waals surface area contributed by atoms with E-state index in [-0.39, 0.29) is 21.3 Å². The van der Waals surface area contributed by atoms with Gasteiger partial charge >= 0.3 is 0 Å². The molecule has 0 aliphatic carbocycles. The first-order chi connectivity index (χ1) is 9.81. The first-order valence-corrected chi connectivity index (χ1v) is 7.60. The Morgan fingerprint density at radius 1 is 1.24 bits per heavy atom. The normalized spacial score (nSPS) is 11.2. The Labute approximate surface area is 126 Å². The lowest BCUT2D eigenvalue weighted by Gasteiger charge is -2.11. The van der Waals surface area contributed by atoms with Gasteiger partial charge in [0, 0.05) is 11.8 Å². The summed E-state index contributed by atoms with van der Waals surface area (Å²) in [7, 11) is -2.58. The van der Waals surface area contributed by atoms with E-state index < -0.39 is 15.8 Å². The lowest BCUT2D eigenvalue weighted by atomic mass is 10.3.